The Labute approximate surface area is 113 Å². The Kier molecular flexibility index (Phi) is 4.09. The lowest BCUT2D eigenvalue weighted by Crippen LogP contribution is -2.19. The smallest absolute Gasteiger partial charge is 0.246 e. The minimum Gasteiger partial charge on any atom is -0.508 e. The minimum absolute atomic E-state index is 0.140. The summed E-state index contributed by atoms with van der Waals surface area (Å²) in [6.07, 6.45) is 1.63. The van der Waals surface area contributed by atoms with Crippen LogP contribution in [0.25, 0.3) is 0 Å². The van der Waals surface area contributed by atoms with E-state index in [4.69, 9.17) is 10.8 Å². The molecule has 4 N–H and O–H groups in total. The number of carbonyl (C=O) groups excluding carboxylic acids is 1. The molecule has 1 aromatic heterocycles. The van der Waals surface area contributed by atoms with Crippen LogP contribution in [0.2, 0.25) is 0 Å². The molecular weight excluding hydrogens is 264 g/mol. The number of rotatable bonds is 4. The standard InChI is InChI=1S/C12H12N4O2S/c13-12-15-9(7-19-12)5-11(18)16-14-6-8-1-3-10(17)4-2-8/h1-4,6-7,17H,5H2,(H2,13,15)(H,16,18)/b14-6+. The second-order valence-corrected chi connectivity index (χ2v) is 4.63. The Morgan fingerprint density at radius 2 is 2.21 bits per heavy atom. The molecule has 0 fully saturated rings. The third-order valence-electron chi connectivity index (χ3n) is 2.21. The van der Waals surface area contributed by atoms with E-state index in [0.717, 1.165) is 5.56 Å². The molecule has 0 aliphatic rings. The Morgan fingerprint density at radius 3 is 2.84 bits per heavy atom. The van der Waals surface area contributed by atoms with Crippen LogP contribution in [0.5, 0.6) is 5.75 Å². The van der Waals surface area contributed by atoms with Gasteiger partial charge in [-0.15, -0.1) is 11.3 Å². The molecule has 6 nitrogen and oxygen atoms in total. The quantitative estimate of drug-likeness (QED) is 0.575. The van der Waals surface area contributed by atoms with Gasteiger partial charge in [0.15, 0.2) is 5.13 Å². The van der Waals surface area contributed by atoms with Gasteiger partial charge in [0.25, 0.3) is 0 Å². The summed E-state index contributed by atoms with van der Waals surface area (Å²) in [5, 5.41) is 15.1. The summed E-state index contributed by atoms with van der Waals surface area (Å²) in [6.45, 7) is 0. The van der Waals surface area contributed by atoms with Gasteiger partial charge in [-0.2, -0.15) is 5.10 Å². The van der Waals surface area contributed by atoms with Crippen molar-refractivity contribution in [2.24, 2.45) is 5.10 Å². The van der Waals surface area contributed by atoms with E-state index in [1.807, 2.05) is 0 Å². The number of nitrogens with zero attached hydrogens (tertiary/aromatic N) is 2. The number of nitrogens with one attached hydrogen (secondary N) is 1. The van der Waals surface area contributed by atoms with Crippen molar-refractivity contribution in [1.29, 1.82) is 0 Å². The lowest BCUT2D eigenvalue weighted by molar-refractivity contribution is -0.120. The first kappa shape index (κ1) is 13.0. The highest BCUT2D eigenvalue weighted by molar-refractivity contribution is 7.13. The maximum Gasteiger partial charge on any atom is 0.246 e. The van der Waals surface area contributed by atoms with E-state index in [1.165, 1.54) is 17.6 Å². The van der Waals surface area contributed by atoms with Crippen molar-refractivity contribution in [1.82, 2.24) is 10.4 Å². The van der Waals surface area contributed by atoms with Crippen LogP contribution >= 0.6 is 11.3 Å². The zero-order valence-corrected chi connectivity index (χ0v) is 10.7. The van der Waals surface area contributed by atoms with Crippen molar-refractivity contribution in [2.75, 3.05) is 5.73 Å². The molecule has 0 bridgehead atoms. The van der Waals surface area contributed by atoms with Crippen LogP contribution in [0.4, 0.5) is 5.13 Å². The Morgan fingerprint density at radius 1 is 1.47 bits per heavy atom. The normalized spacial score (nSPS) is 10.7. The summed E-state index contributed by atoms with van der Waals surface area (Å²) in [5.41, 5.74) is 9.26. The molecule has 2 aromatic rings. The Hall–Kier alpha value is -2.41. The molecule has 0 atom stereocenters. The van der Waals surface area contributed by atoms with Gasteiger partial charge < -0.3 is 10.8 Å². The molecule has 0 radical (unpaired) electrons. The summed E-state index contributed by atoms with van der Waals surface area (Å²) in [6, 6.07) is 6.46. The van der Waals surface area contributed by atoms with E-state index in [-0.39, 0.29) is 18.1 Å². The summed E-state index contributed by atoms with van der Waals surface area (Å²) >= 11 is 1.29. The number of benzene rings is 1. The van der Waals surface area contributed by atoms with Crippen molar-refractivity contribution in [3.8, 4) is 5.75 Å². The average molecular weight is 276 g/mol. The van der Waals surface area contributed by atoms with Gasteiger partial charge in [0.1, 0.15) is 5.75 Å². The number of phenols is 1. The SMILES string of the molecule is Nc1nc(CC(=O)N/N=C/c2ccc(O)cc2)cs1. The van der Waals surface area contributed by atoms with Gasteiger partial charge in [0.05, 0.1) is 18.3 Å². The number of carbonyl (C=O) groups is 1. The molecule has 0 saturated heterocycles. The predicted molar refractivity (Wildman–Crippen MR) is 74.1 cm³/mol. The molecule has 7 heteroatoms. The fourth-order valence-electron chi connectivity index (χ4n) is 1.35. The molecule has 0 aliphatic heterocycles. The predicted octanol–water partition coefficient (Wildman–Crippen LogP) is 1.12. The minimum atomic E-state index is -0.264. The van der Waals surface area contributed by atoms with Crippen LogP contribution in [-0.2, 0) is 11.2 Å². The summed E-state index contributed by atoms with van der Waals surface area (Å²) < 4.78 is 0. The van der Waals surface area contributed by atoms with Gasteiger partial charge in [0.2, 0.25) is 5.91 Å². The van der Waals surface area contributed by atoms with Crippen LogP contribution in [0.1, 0.15) is 11.3 Å². The molecule has 1 heterocycles. The summed E-state index contributed by atoms with van der Waals surface area (Å²) in [5.74, 6) is -0.0809. The van der Waals surface area contributed by atoms with E-state index in [1.54, 1.807) is 29.6 Å². The average Bonchev–Trinajstić information content (AvgIpc) is 2.77. The number of amides is 1. The first-order valence-electron chi connectivity index (χ1n) is 5.44. The number of hydrogen-bond donors (Lipinski definition) is 3. The van der Waals surface area contributed by atoms with E-state index < -0.39 is 0 Å². The summed E-state index contributed by atoms with van der Waals surface area (Å²) in [7, 11) is 0. The molecule has 1 amide bonds. The first-order chi connectivity index (χ1) is 9.13. The molecule has 0 aliphatic carbocycles. The number of anilines is 1. The van der Waals surface area contributed by atoms with Crippen molar-refractivity contribution >= 4 is 28.6 Å². The van der Waals surface area contributed by atoms with Gasteiger partial charge in [-0.3, -0.25) is 4.79 Å². The molecule has 0 saturated carbocycles. The highest BCUT2D eigenvalue weighted by atomic mass is 32.1. The molecule has 19 heavy (non-hydrogen) atoms. The van der Waals surface area contributed by atoms with Gasteiger partial charge in [0, 0.05) is 5.38 Å². The molecule has 2 rings (SSSR count). The summed E-state index contributed by atoms with van der Waals surface area (Å²) in [4.78, 5) is 15.5. The third kappa shape index (κ3) is 4.07. The number of phenolic OH excluding ortho intramolecular Hbond substituents is 1. The van der Waals surface area contributed by atoms with E-state index in [0.29, 0.717) is 10.8 Å². The van der Waals surface area contributed by atoms with Crippen molar-refractivity contribution in [3.05, 3.63) is 40.9 Å². The lowest BCUT2D eigenvalue weighted by atomic mass is 10.2. The van der Waals surface area contributed by atoms with Crippen molar-refractivity contribution in [2.45, 2.75) is 6.42 Å². The van der Waals surface area contributed by atoms with Crippen molar-refractivity contribution in [3.63, 3.8) is 0 Å². The Balaban J connectivity index is 1.84. The van der Waals surface area contributed by atoms with E-state index >= 15 is 0 Å². The van der Waals surface area contributed by atoms with Gasteiger partial charge in [-0.1, -0.05) is 0 Å². The largest absolute Gasteiger partial charge is 0.508 e. The number of nitrogens with two attached hydrogens (primary N) is 1. The van der Waals surface area contributed by atoms with E-state index in [9.17, 15) is 4.79 Å². The van der Waals surface area contributed by atoms with Gasteiger partial charge >= 0.3 is 0 Å². The van der Waals surface area contributed by atoms with Crippen LogP contribution in [0.15, 0.2) is 34.7 Å². The molecule has 0 spiro atoms. The van der Waals surface area contributed by atoms with Gasteiger partial charge in [-0.25, -0.2) is 10.4 Å². The van der Waals surface area contributed by atoms with Crippen LogP contribution in [0, 0.1) is 0 Å². The lowest BCUT2D eigenvalue weighted by Gasteiger charge is -1.97. The highest BCUT2D eigenvalue weighted by Gasteiger charge is 2.05. The highest BCUT2D eigenvalue weighted by Crippen LogP contribution is 2.11. The number of hydrogen-bond acceptors (Lipinski definition) is 6. The third-order valence-corrected chi connectivity index (χ3v) is 2.93. The first-order valence-corrected chi connectivity index (χ1v) is 6.32. The fraction of sp³-hybridized carbons (Fsp3) is 0.0833. The zero-order chi connectivity index (χ0) is 13.7. The number of thiazole rings is 1. The van der Waals surface area contributed by atoms with Crippen molar-refractivity contribution < 1.29 is 9.90 Å². The molecular formula is C12H12N4O2S. The Bertz CT molecular complexity index is 592. The monoisotopic (exact) mass is 276 g/mol. The van der Waals surface area contributed by atoms with Gasteiger partial charge in [-0.05, 0) is 29.8 Å². The maximum atomic E-state index is 11.5. The second kappa shape index (κ2) is 5.96. The molecule has 0 unspecified atom stereocenters. The number of aromatic hydroxyl groups is 1. The van der Waals surface area contributed by atoms with Crippen LogP contribution < -0.4 is 11.2 Å². The van der Waals surface area contributed by atoms with Crippen LogP contribution in [0.3, 0.4) is 0 Å². The molecule has 98 valence electrons. The number of hydrazone groups is 1. The number of nitrogen functional groups attached to an aromatic ring is 1. The van der Waals surface area contributed by atoms with E-state index in [2.05, 4.69) is 15.5 Å². The maximum absolute atomic E-state index is 11.5. The second-order valence-electron chi connectivity index (χ2n) is 3.74. The van der Waals surface area contributed by atoms with Crippen LogP contribution in [-0.4, -0.2) is 22.2 Å². The topological polar surface area (TPSA) is 101 Å². The fourth-order valence-corrected chi connectivity index (χ4v) is 1.91. The number of aromatic nitrogens is 1. The molecule has 1 aromatic carbocycles. The zero-order valence-electron chi connectivity index (χ0n) is 9.91.